The van der Waals surface area contributed by atoms with Crippen LogP contribution in [0.25, 0.3) is 0 Å². The molecule has 0 bridgehead atoms. The highest BCUT2D eigenvalue weighted by atomic mass is 19.1. The van der Waals surface area contributed by atoms with Crippen molar-refractivity contribution < 1.29 is 23.1 Å². The van der Waals surface area contributed by atoms with Gasteiger partial charge in [0.1, 0.15) is 17.2 Å². The van der Waals surface area contributed by atoms with E-state index in [1.54, 1.807) is 0 Å². The molecule has 1 N–H and O–H groups in total. The minimum absolute atomic E-state index is 0.0603. The molecule has 1 saturated carbocycles. The molecule has 0 aliphatic heterocycles. The monoisotopic (exact) mass is 311 g/mol. The van der Waals surface area contributed by atoms with Crippen molar-refractivity contribution in [2.75, 3.05) is 6.61 Å². The Balaban J connectivity index is 1.87. The van der Waals surface area contributed by atoms with E-state index in [2.05, 4.69) is 12.2 Å². The molecule has 1 aromatic carbocycles. The van der Waals surface area contributed by atoms with Crippen LogP contribution in [0.2, 0.25) is 0 Å². The minimum Gasteiger partial charge on any atom is -0.452 e. The first-order chi connectivity index (χ1) is 10.5. The molecule has 0 aromatic heterocycles. The van der Waals surface area contributed by atoms with Crippen LogP contribution in [0.3, 0.4) is 0 Å². The van der Waals surface area contributed by atoms with E-state index in [0.717, 1.165) is 43.9 Å². The molecule has 1 amide bonds. The second-order valence-electron chi connectivity index (χ2n) is 5.61. The summed E-state index contributed by atoms with van der Waals surface area (Å²) in [6, 6.07) is 3.14. The van der Waals surface area contributed by atoms with Crippen molar-refractivity contribution in [1.29, 1.82) is 0 Å². The lowest BCUT2D eigenvalue weighted by Gasteiger charge is -2.29. The molecular formula is C16H19F2NO3. The van der Waals surface area contributed by atoms with Gasteiger partial charge in [0, 0.05) is 6.04 Å². The molecule has 0 saturated heterocycles. The van der Waals surface area contributed by atoms with E-state index in [1.807, 2.05) is 0 Å². The van der Waals surface area contributed by atoms with Gasteiger partial charge < -0.3 is 10.1 Å². The highest BCUT2D eigenvalue weighted by Gasteiger charge is 2.24. The normalized spacial score (nSPS) is 21.2. The molecule has 2 atom stereocenters. The van der Waals surface area contributed by atoms with Crippen molar-refractivity contribution in [3.8, 4) is 0 Å². The first-order valence-corrected chi connectivity index (χ1v) is 7.39. The Labute approximate surface area is 127 Å². The van der Waals surface area contributed by atoms with E-state index in [0.29, 0.717) is 5.92 Å². The van der Waals surface area contributed by atoms with Gasteiger partial charge in [-0.1, -0.05) is 25.8 Å². The van der Waals surface area contributed by atoms with Gasteiger partial charge in [-0.15, -0.1) is 0 Å². The average molecular weight is 311 g/mol. The predicted molar refractivity (Wildman–Crippen MR) is 76.2 cm³/mol. The number of carbonyl (C=O) groups excluding carboxylic acids is 2. The van der Waals surface area contributed by atoms with Crippen LogP contribution in [0.1, 0.15) is 43.0 Å². The van der Waals surface area contributed by atoms with Crippen LogP contribution in [0.4, 0.5) is 8.78 Å². The molecule has 0 heterocycles. The summed E-state index contributed by atoms with van der Waals surface area (Å²) >= 11 is 0. The zero-order chi connectivity index (χ0) is 16.1. The second kappa shape index (κ2) is 7.33. The predicted octanol–water partition coefficient (Wildman–Crippen LogP) is 2.82. The number of ether oxygens (including phenoxy) is 1. The zero-order valence-electron chi connectivity index (χ0n) is 12.4. The van der Waals surface area contributed by atoms with Crippen LogP contribution in [0.5, 0.6) is 0 Å². The molecule has 1 fully saturated rings. The van der Waals surface area contributed by atoms with E-state index >= 15 is 0 Å². The van der Waals surface area contributed by atoms with Crippen LogP contribution in [0.15, 0.2) is 18.2 Å². The summed E-state index contributed by atoms with van der Waals surface area (Å²) in [5.41, 5.74) is -0.777. The fourth-order valence-electron chi connectivity index (χ4n) is 2.68. The van der Waals surface area contributed by atoms with Gasteiger partial charge in [0.2, 0.25) is 0 Å². The smallest absolute Gasteiger partial charge is 0.344 e. The van der Waals surface area contributed by atoms with Gasteiger partial charge in [-0.25, -0.2) is 13.6 Å². The van der Waals surface area contributed by atoms with E-state index in [9.17, 15) is 18.4 Å². The van der Waals surface area contributed by atoms with E-state index in [-0.39, 0.29) is 6.04 Å². The average Bonchev–Trinajstić information content (AvgIpc) is 2.47. The molecule has 120 valence electrons. The first-order valence-electron chi connectivity index (χ1n) is 7.39. The summed E-state index contributed by atoms with van der Waals surface area (Å²) in [6.07, 6.45) is 4.14. The van der Waals surface area contributed by atoms with Crippen LogP contribution >= 0.6 is 0 Å². The topological polar surface area (TPSA) is 55.4 Å². The lowest BCUT2D eigenvalue weighted by molar-refractivity contribution is -0.125. The highest BCUT2D eigenvalue weighted by molar-refractivity contribution is 5.91. The first kappa shape index (κ1) is 16.4. The second-order valence-corrected chi connectivity index (χ2v) is 5.61. The molecule has 2 rings (SSSR count). The highest BCUT2D eigenvalue weighted by Crippen LogP contribution is 2.23. The van der Waals surface area contributed by atoms with E-state index < -0.39 is 35.7 Å². The third-order valence-corrected chi connectivity index (χ3v) is 3.96. The van der Waals surface area contributed by atoms with Crippen molar-refractivity contribution >= 4 is 11.9 Å². The van der Waals surface area contributed by atoms with E-state index in [4.69, 9.17) is 4.74 Å². The quantitative estimate of drug-likeness (QED) is 0.870. The Morgan fingerprint density at radius 1 is 1.23 bits per heavy atom. The molecule has 4 nitrogen and oxygen atoms in total. The molecule has 1 aliphatic rings. The maximum atomic E-state index is 13.4. The summed E-state index contributed by atoms with van der Waals surface area (Å²) in [7, 11) is 0. The molecule has 1 aliphatic carbocycles. The Morgan fingerprint density at radius 2 is 1.86 bits per heavy atom. The number of carbonyl (C=O) groups is 2. The number of halogens is 2. The molecular weight excluding hydrogens is 292 g/mol. The zero-order valence-corrected chi connectivity index (χ0v) is 12.4. The van der Waals surface area contributed by atoms with Crippen molar-refractivity contribution in [3.05, 3.63) is 35.4 Å². The van der Waals surface area contributed by atoms with Crippen molar-refractivity contribution in [1.82, 2.24) is 5.32 Å². The van der Waals surface area contributed by atoms with E-state index in [1.165, 1.54) is 0 Å². The number of amides is 1. The lowest BCUT2D eigenvalue weighted by atomic mass is 9.86. The fraction of sp³-hybridized carbons (Fsp3) is 0.500. The number of nitrogens with one attached hydrogen (secondary N) is 1. The summed E-state index contributed by atoms with van der Waals surface area (Å²) in [5, 5.41) is 2.80. The third kappa shape index (κ3) is 4.02. The van der Waals surface area contributed by atoms with Crippen LogP contribution in [0, 0.1) is 17.6 Å². The standard InChI is InChI=1S/C16H19F2NO3/c1-10-5-2-3-8-13(10)19-14(20)9-22-16(21)15-11(17)6-4-7-12(15)18/h4,6-7,10,13H,2-3,5,8-9H2,1H3,(H,19,20)/t10-,13+/m0/s1. The molecule has 1 aromatic rings. The Kier molecular flexibility index (Phi) is 5.46. The Bertz CT molecular complexity index is 542. The number of benzene rings is 1. The summed E-state index contributed by atoms with van der Waals surface area (Å²) in [6.45, 7) is 1.51. The molecule has 0 radical (unpaired) electrons. The van der Waals surface area contributed by atoms with Gasteiger partial charge in [-0.3, -0.25) is 4.79 Å². The molecule has 0 unspecified atom stereocenters. The van der Waals surface area contributed by atoms with Gasteiger partial charge in [0.05, 0.1) is 0 Å². The summed E-state index contributed by atoms with van der Waals surface area (Å²) < 4.78 is 31.5. The number of hydrogen-bond donors (Lipinski definition) is 1. The Hall–Kier alpha value is -1.98. The Morgan fingerprint density at radius 3 is 2.50 bits per heavy atom. The molecule has 6 heteroatoms. The summed E-state index contributed by atoms with van der Waals surface area (Å²) in [5.74, 6) is -3.28. The van der Waals surface area contributed by atoms with Gasteiger partial charge in [-0.2, -0.15) is 0 Å². The van der Waals surface area contributed by atoms with Gasteiger partial charge in [-0.05, 0) is 30.9 Å². The maximum Gasteiger partial charge on any atom is 0.344 e. The van der Waals surface area contributed by atoms with Gasteiger partial charge >= 0.3 is 5.97 Å². The molecule has 22 heavy (non-hydrogen) atoms. The van der Waals surface area contributed by atoms with Crippen LogP contribution < -0.4 is 5.32 Å². The van der Waals surface area contributed by atoms with Crippen LogP contribution in [-0.2, 0) is 9.53 Å². The maximum absolute atomic E-state index is 13.4. The number of rotatable bonds is 4. The van der Waals surface area contributed by atoms with Gasteiger partial charge in [0.15, 0.2) is 6.61 Å². The van der Waals surface area contributed by atoms with Crippen molar-refractivity contribution in [2.24, 2.45) is 5.92 Å². The number of hydrogen-bond acceptors (Lipinski definition) is 3. The largest absolute Gasteiger partial charge is 0.452 e. The van der Waals surface area contributed by atoms with Crippen molar-refractivity contribution in [2.45, 2.75) is 38.6 Å². The molecule has 0 spiro atoms. The van der Waals surface area contributed by atoms with Crippen LogP contribution in [-0.4, -0.2) is 24.5 Å². The van der Waals surface area contributed by atoms with Gasteiger partial charge in [0.25, 0.3) is 5.91 Å². The fourth-order valence-corrected chi connectivity index (χ4v) is 2.68. The third-order valence-electron chi connectivity index (χ3n) is 3.96. The van der Waals surface area contributed by atoms with Crippen molar-refractivity contribution in [3.63, 3.8) is 0 Å². The summed E-state index contributed by atoms with van der Waals surface area (Å²) in [4.78, 5) is 23.5. The number of esters is 1. The SMILES string of the molecule is C[C@H]1CCCC[C@H]1NC(=O)COC(=O)c1c(F)cccc1F. The minimum atomic E-state index is -1.18. The lowest BCUT2D eigenvalue weighted by Crippen LogP contribution is -2.42.